The second-order valence-corrected chi connectivity index (χ2v) is 5.91. The molecule has 2 aromatic heterocycles. The second kappa shape index (κ2) is 5.74. The van der Waals surface area contributed by atoms with E-state index in [2.05, 4.69) is 21.4 Å². The molecular formula is C18H19FN4. The maximum atomic E-state index is 13.3. The van der Waals surface area contributed by atoms with Gasteiger partial charge in [0.05, 0.1) is 6.04 Å². The zero-order valence-electron chi connectivity index (χ0n) is 13.1. The predicted octanol–water partition coefficient (Wildman–Crippen LogP) is 3.72. The molecule has 0 radical (unpaired) electrons. The summed E-state index contributed by atoms with van der Waals surface area (Å²) < 4.78 is 15.4. The van der Waals surface area contributed by atoms with Crippen LogP contribution in [0, 0.1) is 5.82 Å². The Hall–Kier alpha value is -2.27. The molecule has 3 heterocycles. The summed E-state index contributed by atoms with van der Waals surface area (Å²) >= 11 is 0. The summed E-state index contributed by atoms with van der Waals surface area (Å²) in [6.45, 7) is 4.29. The third-order valence-corrected chi connectivity index (χ3v) is 4.59. The molecule has 1 aliphatic rings. The molecule has 5 heteroatoms. The van der Waals surface area contributed by atoms with Crippen LogP contribution in [0.15, 0.2) is 42.6 Å². The maximum Gasteiger partial charge on any atom is 0.164 e. The minimum atomic E-state index is -0.233. The van der Waals surface area contributed by atoms with Gasteiger partial charge in [-0.05, 0) is 62.3 Å². The zero-order valence-corrected chi connectivity index (χ0v) is 13.1. The molecule has 1 aliphatic heterocycles. The standard InChI is InChI=1S/C18H19FN4/c1-2-22-12-4-6-16(22)18-21-15-5-3-11-20-17(15)23(18)14-9-7-13(19)8-10-14/h3,5,7-11,16H,2,4,6,12H2,1H3. The highest BCUT2D eigenvalue weighted by Crippen LogP contribution is 2.34. The highest BCUT2D eigenvalue weighted by Gasteiger charge is 2.30. The SMILES string of the molecule is CCN1CCCC1c1nc2cccnc2n1-c1ccc(F)cc1. The van der Waals surface area contributed by atoms with Crippen LogP contribution >= 0.6 is 0 Å². The van der Waals surface area contributed by atoms with Crippen molar-refractivity contribution < 1.29 is 4.39 Å². The topological polar surface area (TPSA) is 34.0 Å². The summed E-state index contributed by atoms with van der Waals surface area (Å²) in [5, 5.41) is 0. The van der Waals surface area contributed by atoms with Gasteiger partial charge in [-0.3, -0.25) is 9.47 Å². The Balaban J connectivity index is 1.93. The van der Waals surface area contributed by atoms with Gasteiger partial charge in [0.15, 0.2) is 5.65 Å². The van der Waals surface area contributed by atoms with Crippen LogP contribution in [0.4, 0.5) is 4.39 Å². The molecule has 0 aliphatic carbocycles. The van der Waals surface area contributed by atoms with Crippen LogP contribution in [0.2, 0.25) is 0 Å². The van der Waals surface area contributed by atoms with Gasteiger partial charge >= 0.3 is 0 Å². The van der Waals surface area contributed by atoms with Gasteiger partial charge in [-0.15, -0.1) is 0 Å². The summed E-state index contributed by atoms with van der Waals surface area (Å²) in [5.41, 5.74) is 2.62. The van der Waals surface area contributed by atoms with E-state index in [1.807, 2.05) is 12.1 Å². The van der Waals surface area contributed by atoms with Crippen LogP contribution in [0.25, 0.3) is 16.9 Å². The quantitative estimate of drug-likeness (QED) is 0.739. The maximum absolute atomic E-state index is 13.3. The highest BCUT2D eigenvalue weighted by atomic mass is 19.1. The molecule has 1 saturated heterocycles. The number of rotatable bonds is 3. The Morgan fingerprint density at radius 2 is 2.04 bits per heavy atom. The first-order valence-corrected chi connectivity index (χ1v) is 8.11. The molecule has 0 spiro atoms. The van der Waals surface area contributed by atoms with Gasteiger partial charge in [0.2, 0.25) is 0 Å². The Bertz CT molecular complexity index is 825. The third kappa shape index (κ3) is 2.41. The van der Waals surface area contributed by atoms with Crippen molar-refractivity contribution in [3.05, 3.63) is 54.2 Å². The fourth-order valence-electron chi connectivity index (χ4n) is 3.50. The van der Waals surface area contributed by atoms with Gasteiger partial charge < -0.3 is 0 Å². The molecule has 1 aromatic carbocycles. The number of pyridine rings is 1. The van der Waals surface area contributed by atoms with E-state index >= 15 is 0 Å². The van der Waals surface area contributed by atoms with E-state index in [-0.39, 0.29) is 5.82 Å². The fourth-order valence-corrected chi connectivity index (χ4v) is 3.50. The number of halogens is 1. The lowest BCUT2D eigenvalue weighted by molar-refractivity contribution is 0.261. The Kier molecular flexibility index (Phi) is 3.58. The molecule has 0 saturated carbocycles. The number of hydrogen-bond donors (Lipinski definition) is 0. The molecular weight excluding hydrogens is 291 g/mol. The van der Waals surface area contributed by atoms with Gasteiger partial charge in [-0.1, -0.05) is 6.92 Å². The largest absolute Gasteiger partial charge is 0.294 e. The second-order valence-electron chi connectivity index (χ2n) is 5.91. The lowest BCUT2D eigenvalue weighted by Crippen LogP contribution is -2.25. The zero-order chi connectivity index (χ0) is 15.8. The van der Waals surface area contributed by atoms with Gasteiger partial charge in [-0.25, -0.2) is 14.4 Å². The summed E-state index contributed by atoms with van der Waals surface area (Å²) in [6.07, 6.45) is 4.05. The smallest absolute Gasteiger partial charge is 0.164 e. The number of fused-ring (bicyclic) bond motifs is 1. The first kappa shape index (κ1) is 14.3. The van der Waals surface area contributed by atoms with Crippen LogP contribution in [0.3, 0.4) is 0 Å². The van der Waals surface area contributed by atoms with Crippen molar-refractivity contribution in [3.8, 4) is 5.69 Å². The van der Waals surface area contributed by atoms with Crippen molar-refractivity contribution >= 4 is 11.2 Å². The molecule has 4 rings (SSSR count). The van der Waals surface area contributed by atoms with Crippen molar-refractivity contribution in [2.24, 2.45) is 0 Å². The molecule has 1 atom stereocenters. The Morgan fingerprint density at radius 3 is 2.83 bits per heavy atom. The Labute approximate surface area is 134 Å². The number of hydrogen-bond acceptors (Lipinski definition) is 3. The third-order valence-electron chi connectivity index (χ3n) is 4.59. The number of imidazole rings is 1. The molecule has 3 aromatic rings. The Morgan fingerprint density at radius 1 is 1.22 bits per heavy atom. The van der Waals surface area contributed by atoms with Crippen molar-refractivity contribution in [2.45, 2.75) is 25.8 Å². The van der Waals surface area contributed by atoms with Crippen molar-refractivity contribution in [3.63, 3.8) is 0 Å². The van der Waals surface area contributed by atoms with Gasteiger partial charge in [-0.2, -0.15) is 0 Å². The molecule has 0 amide bonds. The number of benzene rings is 1. The summed E-state index contributed by atoms with van der Waals surface area (Å²) in [4.78, 5) is 11.8. The minimum Gasteiger partial charge on any atom is -0.294 e. The molecule has 23 heavy (non-hydrogen) atoms. The summed E-state index contributed by atoms with van der Waals surface area (Å²) in [6, 6.07) is 10.7. The van der Waals surface area contributed by atoms with Crippen molar-refractivity contribution in [1.82, 2.24) is 19.4 Å². The average Bonchev–Trinajstić information content (AvgIpc) is 3.19. The lowest BCUT2D eigenvalue weighted by Gasteiger charge is -2.23. The van der Waals surface area contributed by atoms with Crippen molar-refractivity contribution in [2.75, 3.05) is 13.1 Å². The van der Waals surface area contributed by atoms with Gasteiger partial charge in [0, 0.05) is 11.9 Å². The van der Waals surface area contributed by atoms with Crippen molar-refractivity contribution in [1.29, 1.82) is 0 Å². The van der Waals surface area contributed by atoms with E-state index in [1.165, 1.54) is 18.6 Å². The lowest BCUT2D eigenvalue weighted by atomic mass is 10.2. The van der Waals surface area contributed by atoms with Crippen LogP contribution in [0.5, 0.6) is 0 Å². The van der Waals surface area contributed by atoms with Crippen LogP contribution in [-0.2, 0) is 0 Å². The monoisotopic (exact) mass is 310 g/mol. The molecule has 0 N–H and O–H groups in total. The predicted molar refractivity (Wildman–Crippen MR) is 88.0 cm³/mol. The number of nitrogens with zero attached hydrogens (tertiary/aromatic N) is 4. The van der Waals surface area contributed by atoms with E-state index in [0.717, 1.165) is 42.2 Å². The first-order valence-electron chi connectivity index (χ1n) is 8.11. The normalized spacial score (nSPS) is 18.8. The molecule has 118 valence electrons. The summed E-state index contributed by atoms with van der Waals surface area (Å²) in [7, 11) is 0. The first-order chi connectivity index (χ1) is 11.3. The minimum absolute atomic E-state index is 0.233. The van der Waals surface area contributed by atoms with Crippen LogP contribution < -0.4 is 0 Å². The molecule has 4 nitrogen and oxygen atoms in total. The van der Waals surface area contributed by atoms with E-state index in [0.29, 0.717) is 6.04 Å². The van der Waals surface area contributed by atoms with E-state index in [9.17, 15) is 4.39 Å². The van der Waals surface area contributed by atoms with E-state index in [1.54, 1.807) is 18.3 Å². The van der Waals surface area contributed by atoms with E-state index < -0.39 is 0 Å². The number of aromatic nitrogens is 3. The van der Waals surface area contributed by atoms with Crippen LogP contribution in [0.1, 0.15) is 31.6 Å². The van der Waals surface area contributed by atoms with E-state index in [4.69, 9.17) is 4.98 Å². The molecule has 1 unspecified atom stereocenters. The fraction of sp³-hybridized carbons (Fsp3) is 0.333. The average molecular weight is 310 g/mol. The highest BCUT2D eigenvalue weighted by molar-refractivity contribution is 5.74. The van der Waals surface area contributed by atoms with Crippen LogP contribution in [-0.4, -0.2) is 32.5 Å². The van der Waals surface area contributed by atoms with Gasteiger partial charge in [0.1, 0.15) is 17.2 Å². The molecule has 0 bridgehead atoms. The number of likely N-dealkylation sites (tertiary alicyclic amines) is 1. The summed E-state index contributed by atoms with van der Waals surface area (Å²) in [5.74, 6) is 0.772. The van der Waals surface area contributed by atoms with Gasteiger partial charge in [0.25, 0.3) is 0 Å². The molecule has 1 fully saturated rings.